The maximum absolute atomic E-state index is 6.27. The van der Waals surface area contributed by atoms with Crippen molar-refractivity contribution >= 4 is 11.8 Å². The lowest BCUT2D eigenvalue weighted by Crippen LogP contribution is -2.03. The number of nitrogen functional groups attached to an aromatic ring is 1. The number of aromatic nitrogens is 1. The fraction of sp³-hybridized carbons (Fsp3) is 0.278. The van der Waals surface area contributed by atoms with Gasteiger partial charge in [-0.25, -0.2) is 0 Å². The van der Waals surface area contributed by atoms with Gasteiger partial charge in [0.1, 0.15) is 5.75 Å². The molecule has 0 saturated carbocycles. The summed E-state index contributed by atoms with van der Waals surface area (Å²) in [5, 5.41) is 0. The Morgan fingerprint density at radius 1 is 1.33 bits per heavy atom. The quantitative estimate of drug-likeness (QED) is 0.928. The van der Waals surface area contributed by atoms with Crippen molar-refractivity contribution in [2.24, 2.45) is 0 Å². The minimum atomic E-state index is 0.767. The maximum Gasteiger partial charge on any atom is 0.127 e. The molecule has 0 saturated heterocycles. The first-order valence-corrected chi connectivity index (χ1v) is 7.35. The Labute approximate surface area is 125 Å². The van der Waals surface area contributed by atoms with Gasteiger partial charge in [-0.3, -0.25) is 4.98 Å². The molecule has 0 fully saturated rings. The summed E-state index contributed by atoms with van der Waals surface area (Å²) in [6, 6.07) is 6.08. The van der Waals surface area contributed by atoms with E-state index < -0.39 is 0 Å². The number of hydrogen-bond acceptors (Lipinski definition) is 3. The number of anilines is 1. The maximum atomic E-state index is 6.27. The predicted molar refractivity (Wildman–Crippen MR) is 87.4 cm³/mol. The Morgan fingerprint density at radius 2 is 2.19 bits per heavy atom. The van der Waals surface area contributed by atoms with E-state index >= 15 is 0 Å². The average Bonchev–Trinajstić information content (AvgIpc) is 2.54. The highest BCUT2D eigenvalue weighted by Crippen LogP contribution is 2.40. The van der Waals surface area contributed by atoms with Crippen LogP contribution in [0.3, 0.4) is 0 Å². The summed E-state index contributed by atoms with van der Waals surface area (Å²) in [6.07, 6.45) is 9.20. The molecule has 0 spiro atoms. The van der Waals surface area contributed by atoms with Gasteiger partial charge in [0.15, 0.2) is 0 Å². The lowest BCUT2D eigenvalue weighted by molar-refractivity contribution is 0.416. The second-order valence-electron chi connectivity index (χ2n) is 5.27. The van der Waals surface area contributed by atoms with Gasteiger partial charge in [-0.05, 0) is 42.5 Å². The Balaban J connectivity index is 2.23. The molecule has 3 nitrogen and oxygen atoms in total. The average molecular weight is 280 g/mol. The summed E-state index contributed by atoms with van der Waals surface area (Å²) in [5.41, 5.74) is 12.7. The summed E-state index contributed by atoms with van der Waals surface area (Å²) >= 11 is 0. The summed E-state index contributed by atoms with van der Waals surface area (Å²) < 4.78 is 5.57. The van der Waals surface area contributed by atoms with Crippen LogP contribution in [0.25, 0.3) is 17.2 Å². The van der Waals surface area contributed by atoms with Crippen LogP contribution in [0.2, 0.25) is 0 Å². The zero-order valence-corrected chi connectivity index (χ0v) is 12.5. The third kappa shape index (κ3) is 2.40. The van der Waals surface area contributed by atoms with Crippen molar-refractivity contribution in [3.05, 3.63) is 47.3 Å². The van der Waals surface area contributed by atoms with E-state index in [4.69, 9.17) is 10.5 Å². The smallest absolute Gasteiger partial charge is 0.127 e. The highest BCUT2D eigenvalue weighted by Gasteiger charge is 2.18. The second kappa shape index (κ2) is 5.60. The van der Waals surface area contributed by atoms with Gasteiger partial charge in [0.2, 0.25) is 0 Å². The number of nitrogens with two attached hydrogens (primary N) is 1. The number of aryl methyl sites for hydroxylation is 1. The molecular weight excluding hydrogens is 260 g/mol. The van der Waals surface area contributed by atoms with Gasteiger partial charge >= 0.3 is 0 Å². The first-order valence-electron chi connectivity index (χ1n) is 7.35. The number of rotatable bonds is 3. The predicted octanol–water partition coefficient (Wildman–Crippen LogP) is 3.86. The zero-order valence-electron chi connectivity index (χ0n) is 12.5. The highest BCUT2D eigenvalue weighted by molar-refractivity contribution is 5.85. The summed E-state index contributed by atoms with van der Waals surface area (Å²) in [7, 11) is 1.70. The molecular formula is C18H20N2O. The first-order chi connectivity index (χ1) is 10.2. The molecule has 0 unspecified atom stereocenters. The fourth-order valence-electron chi connectivity index (χ4n) is 2.89. The normalized spacial score (nSPS) is 13.0. The van der Waals surface area contributed by atoms with Crippen LogP contribution in [0.1, 0.15) is 30.2 Å². The number of fused-ring (bicyclic) bond motifs is 1. The third-order valence-corrected chi connectivity index (χ3v) is 4.01. The van der Waals surface area contributed by atoms with Crippen molar-refractivity contribution in [2.45, 2.75) is 26.2 Å². The topological polar surface area (TPSA) is 48.1 Å². The molecule has 0 aliphatic heterocycles. The summed E-state index contributed by atoms with van der Waals surface area (Å²) in [4.78, 5) is 4.51. The van der Waals surface area contributed by atoms with Crippen LogP contribution >= 0.6 is 0 Å². The van der Waals surface area contributed by atoms with Crippen LogP contribution in [0.5, 0.6) is 5.75 Å². The molecule has 3 heteroatoms. The van der Waals surface area contributed by atoms with E-state index in [0.29, 0.717) is 0 Å². The molecule has 1 heterocycles. The molecule has 1 aliphatic carbocycles. The summed E-state index contributed by atoms with van der Waals surface area (Å²) in [6.45, 7) is 2.08. The molecule has 1 aromatic heterocycles. The Kier molecular flexibility index (Phi) is 3.65. The SMILES string of the molecule is CCc1cc(N)c(-c2c(OC)ccc3c2CCC=C3)cn1. The van der Waals surface area contributed by atoms with Crippen molar-refractivity contribution in [1.82, 2.24) is 4.98 Å². The van der Waals surface area contributed by atoms with Gasteiger partial charge in [-0.2, -0.15) is 0 Å². The highest BCUT2D eigenvalue weighted by atomic mass is 16.5. The number of pyridine rings is 1. The Bertz CT molecular complexity index is 705. The van der Waals surface area contributed by atoms with E-state index in [-0.39, 0.29) is 0 Å². The van der Waals surface area contributed by atoms with Gasteiger partial charge in [0.05, 0.1) is 7.11 Å². The molecule has 108 valence electrons. The van der Waals surface area contributed by atoms with E-state index in [1.807, 2.05) is 18.3 Å². The van der Waals surface area contributed by atoms with Crippen LogP contribution < -0.4 is 10.5 Å². The van der Waals surface area contributed by atoms with Crippen LogP contribution in [-0.4, -0.2) is 12.1 Å². The molecule has 21 heavy (non-hydrogen) atoms. The standard InChI is InChI=1S/C18H20N2O/c1-3-13-10-16(19)15(11-20-13)18-14-7-5-4-6-12(14)8-9-17(18)21-2/h4,6,8-11H,3,5,7H2,1-2H3,(H2,19,20). The van der Waals surface area contributed by atoms with E-state index in [2.05, 4.69) is 30.1 Å². The summed E-state index contributed by atoms with van der Waals surface area (Å²) in [5.74, 6) is 0.863. The second-order valence-corrected chi connectivity index (χ2v) is 5.27. The monoisotopic (exact) mass is 280 g/mol. The minimum Gasteiger partial charge on any atom is -0.496 e. The van der Waals surface area contributed by atoms with Crippen LogP contribution in [0, 0.1) is 0 Å². The van der Waals surface area contributed by atoms with Crippen LogP contribution in [-0.2, 0) is 12.8 Å². The van der Waals surface area contributed by atoms with E-state index in [9.17, 15) is 0 Å². The van der Waals surface area contributed by atoms with Gasteiger partial charge in [0.25, 0.3) is 0 Å². The van der Waals surface area contributed by atoms with Gasteiger partial charge in [-0.15, -0.1) is 0 Å². The van der Waals surface area contributed by atoms with E-state index in [0.717, 1.165) is 47.5 Å². The molecule has 0 amide bonds. The van der Waals surface area contributed by atoms with Gasteiger partial charge in [-0.1, -0.05) is 25.1 Å². The van der Waals surface area contributed by atoms with E-state index in [1.54, 1.807) is 7.11 Å². The van der Waals surface area contributed by atoms with Crippen molar-refractivity contribution in [3.8, 4) is 16.9 Å². The molecule has 3 rings (SSSR count). The zero-order chi connectivity index (χ0) is 14.8. The molecule has 2 aromatic rings. The number of methoxy groups -OCH3 is 1. The molecule has 2 N–H and O–H groups in total. The number of hydrogen-bond donors (Lipinski definition) is 1. The van der Waals surface area contributed by atoms with Gasteiger partial charge < -0.3 is 10.5 Å². The van der Waals surface area contributed by atoms with E-state index in [1.165, 1.54) is 11.1 Å². The Morgan fingerprint density at radius 3 is 2.90 bits per heavy atom. The number of benzene rings is 1. The third-order valence-electron chi connectivity index (χ3n) is 4.01. The number of ether oxygens (including phenoxy) is 1. The molecule has 1 aromatic carbocycles. The van der Waals surface area contributed by atoms with Crippen LogP contribution in [0.4, 0.5) is 5.69 Å². The van der Waals surface area contributed by atoms with Crippen molar-refractivity contribution in [2.75, 3.05) is 12.8 Å². The molecule has 0 radical (unpaired) electrons. The molecule has 0 atom stereocenters. The first kappa shape index (κ1) is 13.7. The number of nitrogens with zero attached hydrogens (tertiary/aromatic N) is 1. The molecule has 0 bridgehead atoms. The van der Waals surface area contributed by atoms with Crippen LogP contribution in [0.15, 0.2) is 30.5 Å². The van der Waals surface area contributed by atoms with Gasteiger partial charge in [0, 0.05) is 28.7 Å². The van der Waals surface area contributed by atoms with Crippen molar-refractivity contribution in [1.29, 1.82) is 0 Å². The minimum absolute atomic E-state index is 0.767. The largest absolute Gasteiger partial charge is 0.496 e. The Hall–Kier alpha value is -2.29. The molecule has 1 aliphatic rings. The number of allylic oxidation sites excluding steroid dienone is 1. The lowest BCUT2D eigenvalue weighted by atomic mass is 9.88. The fourth-order valence-corrected chi connectivity index (χ4v) is 2.89. The van der Waals surface area contributed by atoms with Crippen molar-refractivity contribution in [3.63, 3.8) is 0 Å². The lowest BCUT2D eigenvalue weighted by Gasteiger charge is -2.20. The van der Waals surface area contributed by atoms with Crippen molar-refractivity contribution < 1.29 is 4.74 Å².